The Labute approximate surface area is 144 Å². The van der Waals surface area contributed by atoms with Crippen LogP contribution in [0.1, 0.15) is 90.0 Å². The number of benzene rings is 1. The van der Waals surface area contributed by atoms with E-state index in [4.69, 9.17) is 11.5 Å². The van der Waals surface area contributed by atoms with Gasteiger partial charge in [0.1, 0.15) is 0 Å². The number of hydrogen-bond acceptors (Lipinski definition) is 2. The van der Waals surface area contributed by atoms with Crippen molar-refractivity contribution in [3.05, 3.63) is 29.8 Å². The standard InChI is InChI=1S/C21H38N2/c1-3-5-7-8-9-16-21(15-6-4-2,17-10-18-22)19-11-13-20(23)14-12-19/h11-14H,3-10,15-18,22-23H2,1-2H3. The van der Waals surface area contributed by atoms with Crippen LogP contribution < -0.4 is 11.5 Å². The minimum atomic E-state index is 0.301. The molecular weight excluding hydrogens is 280 g/mol. The maximum atomic E-state index is 5.91. The lowest BCUT2D eigenvalue weighted by molar-refractivity contribution is 0.308. The van der Waals surface area contributed by atoms with Gasteiger partial charge in [0.15, 0.2) is 0 Å². The molecule has 0 aliphatic rings. The molecule has 2 nitrogen and oxygen atoms in total. The predicted molar refractivity (Wildman–Crippen MR) is 104 cm³/mol. The van der Waals surface area contributed by atoms with Crippen LogP contribution in [-0.4, -0.2) is 6.54 Å². The van der Waals surface area contributed by atoms with Gasteiger partial charge in [-0.1, -0.05) is 70.9 Å². The van der Waals surface area contributed by atoms with Crippen molar-refractivity contribution >= 4 is 5.69 Å². The molecule has 0 heterocycles. The van der Waals surface area contributed by atoms with Crippen molar-refractivity contribution in [2.24, 2.45) is 5.73 Å². The van der Waals surface area contributed by atoms with Crippen LogP contribution in [0, 0.1) is 0 Å². The average molecular weight is 319 g/mol. The van der Waals surface area contributed by atoms with Crippen molar-refractivity contribution in [3.8, 4) is 0 Å². The van der Waals surface area contributed by atoms with Crippen LogP contribution in [0.5, 0.6) is 0 Å². The van der Waals surface area contributed by atoms with Gasteiger partial charge < -0.3 is 11.5 Å². The second-order valence-corrected chi connectivity index (χ2v) is 7.06. The summed E-state index contributed by atoms with van der Waals surface area (Å²) >= 11 is 0. The first-order valence-electron chi connectivity index (χ1n) is 9.74. The highest BCUT2D eigenvalue weighted by atomic mass is 14.5. The van der Waals surface area contributed by atoms with Crippen molar-refractivity contribution in [1.29, 1.82) is 0 Å². The molecule has 0 aliphatic heterocycles. The SMILES string of the molecule is CCCCCCCC(CCCC)(CCCN)c1ccc(N)cc1. The number of unbranched alkanes of at least 4 members (excludes halogenated alkanes) is 5. The third-order valence-electron chi connectivity index (χ3n) is 5.15. The molecule has 0 radical (unpaired) electrons. The minimum absolute atomic E-state index is 0.301. The molecule has 0 spiro atoms. The first-order valence-corrected chi connectivity index (χ1v) is 9.74. The van der Waals surface area contributed by atoms with E-state index >= 15 is 0 Å². The van der Waals surface area contributed by atoms with E-state index < -0.39 is 0 Å². The highest BCUT2D eigenvalue weighted by Crippen LogP contribution is 2.40. The smallest absolute Gasteiger partial charge is 0.0314 e. The predicted octanol–water partition coefficient (Wildman–Crippen LogP) is 5.80. The van der Waals surface area contributed by atoms with Gasteiger partial charge in [0, 0.05) is 5.69 Å². The lowest BCUT2D eigenvalue weighted by Crippen LogP contribution is -2.27. The van der Waals surface area contributed by atoms with Gasteiger partial charge in [-0.2, -0.15) is 0 Å². The van der Waals surface area contributed by atoms with Crippen molar-refractivity contribution in [3.63, 3.8) is 0 Å². The number of hydrogen-bond donors (Lipinski definition) is 2. The van der Waals surface area contributed by atoms with E-state index in [1.807, 2.05) is 0 Å². The van der Waals surface area contributed by atoms with Crippen LogP contribution in [0.3, 0.4) is 0 Å². The topological polar surface area (TPSA) is 52.0 Å². The van der Waals surface area contributed by atoms with Crippen molar-refractivity contribution < 1.29 is 0 Å². The Morgan fingerprint density at radius 2 is 1.30 bits per heavy atom. The van der Waals surface area contributed by atoms with Crippen molar-refractivity contribution in [2.45, 2.75) is 89.9 Å². The fourth-order valence-electron chi connectivity index (χ4n) is 3.67. The molecule has 1 rings (SSSR count). The molecule has 0 fully saturated rings. The molecule has 132 valence electrons. The summed E-state index contributed by atoms with van der Waals surface area (Å²) in [5.74, 6) is 0. The molecule has 1 aromatic rings. The first-order chi connectivity index (χ1) is 11.2. The molecule has 0 aromatic heterocycles. The van der Waals surface area contributed by atoms with Crippen molar-refractivity contribution in [1.82, 2.24) is 0 Å². The van der Waals surface area contributed by atoms with E-state index in [-0.39, 0.29) is 0 Å². The van der Waals surface area contributed by atoms with Crippen LogP contribution in [0.2, 0.25) is 0 Å². The third-order valence-corrected chi connectivity index (χ3v) is 5.15. The van der Waals surface area contributed by atoms with Gasteiger partial charge in [-0.25, -0.2) is 0 Å². The normalized spacial score (nSPS) is 13.9. The van der Waals surface area contributed by atoms with E-state index in [0.717, 1.165) is 18.7 Å². The number of anilines is 1. The van der Waals surface area contributed by atoms with E-state index in [2.05, 4.69) is 38.1 Å². The van der Waals surface area contributed by atoms with E-state index in [0.29, 0.717) is 5.41 Å². The van der Waals surface area contributed by atoms with Crippen LogP contribution in [-0.2, 0) is 5.41 Å². The van der Waals surface area contributed by atoms with Gasteiger partial charge in [-0.05, 0) is 55.3 Å². The molecular formula is C21H38N2. The molecule has 0 amide bonds. The fraction of sp³-hybridized carbons (Fsp3) is 0.714. The number of nitrogen functional groups attached to an aromatic ring is 1. The molecule has 1 unspecified atom stereocenters. The lowest BCUT2D eigenvalue weighted by Gasteiger charge is -2.35. The minimum Gasteiger partial charge on any atom is -0.399 e. The molecule has 0 saturated carbocycles. The summed E-state index contributed by atoms with van der Waals surface area (Å²) in [6.45, 7) is 5.36. The van der Waals surface area contributed by atoms with Gasteiger partial charge in [0.05, 0.1) is 0 Å². The highest BCUT2D eigenvalue weighted by Gasteiger charge is 2.30. The Kier molecular flexibility index (Phi) is 10.0. The van der Waals surface area contributed by atoms with Gasteiger partial charge in [-0.15, -0.1) is 0 Å². The van der Waals surface area contributed by atoms with Gasteiger partial charge >= 0.3 is 0 Å². The Morgan fingerprint density at radius 3 is 1.91 bits per heavy atom. The van der Waals surface area contributed by atoms with E-state index in [1.54, 1.807) is 0 Å². The Hall–Kier alpha value is -1.02. The molecule has 0 bridgehead atoms. The summed E-state index contributed by atoms with van der Waals surface area (Å²) in [6, 6.07) is 8.65. The van der Waals surface area contributed by atoms with E-state index in [9.17, 15) is 0 Å². The number of rotatable bonds is 13. The highest BCUT2D eigenvalue weighted by molar-refractivity contribution is 5.41. The van der Waals surface area contributed by atoms with Crippen molar-refractivity contribution in [2.75, 3.05) is 12.3 Å². The average Bonchev–Trinajstić information content (AvgIpc) is 2.57. The van der Waals surface area contributed by atoms with Crippen LogP contribution in [0.25, 0.3) is 0 Å². The van der Waals surface area contributed by atoms with E-state index in [1.165, 1.54) is 69.8 Å². The summed E-state index contributed by atoms with van der Waals surface area (Å²) < 4.78 is 0. The van der Waals surface area contributed by atoms with Crippen LogP contribution >= 0.6 is 0 Å². The maximum absolute atomic E-state index is 5.91. The quantitative estimate of drug-likeness (QED) is 0.357. The maximum Gasteiger partial charge on any atom is 0.0314 e. The summed E-state index contributed by atoms with van der Waals surface area (Å²) in [5.41, 5.74) is 14.4. The molecule has 2 heteroatoms. The molecule has 1 atom stereocenters. The molecule has 0 aliphatic carbocycles. The molecule has 1 aromatic carbocycles. The number of nitrogens with two attached hydrogens (primary N) is 2. The lowest BCUT2D eigenvalue weighted by atomic mass is 9.69. The van der Waals surface area contributed by atoms with Crippen LogP contribution in [0.15, 0.2) is 24.3 Å². The molecule has 4 N–H and O–H groups in total. The molecule has 0 saturated heterocycles. The Bertz CT molecular complexity index is 389. The summed E-state index contributed by atoms with van der Waals surface area (Å²) in [4.78, 5) is 0. The Balaban J connectivity index is 2.86. The second kappa shape index (κ2) is 11.5. The largest absolute Gasteiger partial charge is 0.399 e. The summed E-state index contributed by atoms with van der Waals surface area (Å²) in [5, 5.41) is 0. The Morgan fingerprint density at radius 1 is 0.739 bits per heavy atom. The van der Waals surface area contributed by atoms with Gasteiger partial charge in [-0.3, -0.25) is 0 Å². The van der Waals surface area contributed by atoms with Crippen LogP contribution in [0.4, 0.5) is 5.69 Å². The summed E-state index contributed by atoms with van der Waals surface area (Å²) in [7, 11) is 0. The third kappa shape index (κ3) is 6.95. The fourth-order valence-corrected chi connectivity index (χ4v) is 3.67. The van der Waals surface area contributed by atoms with Gasteiger partial charge in [0.2, 0.25) is 0 Å². The second-order valence-electron chi connectivity index (χ2n) is 7.06. The summed E-state index contributed by atoms with van der Waals surface area (Å²) in [6.07, 6.45) is 14.2. The zero-order valence-corrected chi connectivity index (χ0v) is 15.4. The monoisotopic (exact) mass is 318 g/mol. The first kappa shape index (κ1) is 20.0. The zero-order chi connectivity index (χ0) is 17.0. The van der Waals surface area contributed by atoms with Gasteiger partial charge in [0.25, 0.3) is 0 Å². The molecule has 23 heavy (non-hydrogen) atoms. The zero-order valence-electron chi connectivity index (χ0n) is 15.4.